The summed E-state index contributed by atoms with van der Waals surface area (Å²) >= 11 is 6.12. The van der Waals surface area contributed by atoms with E-state index in [2.05, 4.69) is 0 Å². The van der Waals surface area contributed by atoms with Gasteiger partial charge in [0.2, 0.25) is 10.0 Å². The molecule has 1 saturated heterocycles. The summed E-state index contributed by atoms with van der Waals surface area (Å²) in [6.07, 6.45) is 0.733. The number of benzene rings is 1. The molecule has 0 bridgehead atoms. The molecule has 1 aliphatic rings. The summed E-state index contributed by atoms with van der Waals surface area (Å²) in [6.45, 7) is 3.07. The summed E-state index contributed by atoms with van der Waals surface area (Å²) in [6, 6.07) is 9.29. The van der Waals surface area contributed by atoms with E-state index < -0.39 is 10.0 Å². The van der Waals surface area contributed by atoms with E-state index in [1.165, 1.54) is 0 Å². The predicted molar refractivity (Wildman–Crippen MR) is 74.1 cm³/mol. The molecule has 0 N–H and O–H groups in total. The minimum atomic E-state index is -3.22. The van der Waals surface area contributed by atoms with Gasteiger partial charge in [0.05, 0.1) is 5.75 Å². The summed E-state index contributed by atoms with van der Waals surface area (Å²) in [5.74, 6) is 0.291. The van der Waals surface area contributed by atoms with E-state index >= 15 is 0 Å². The summed E-state index contributed by atoms with van der Waals surface area (Å²) in [5, 5.41) is 0.0909. The standard InChI is InChI=1S/C13H18ClNO2S/c1-11-9-15(8-7-13(11)14)18(16,17)10-12-5-3-2-4-6-12/h2-6,11,13H,7-10H2,1H3. The van der Waals surface area contributed by atoms with E-state index in [1.54, 1.807) is 4.31 Å². The molecule has 100 valence electrons. The molecule has 0 spiro atoms. The average molecular weight is 288 g/mol. The highest BCUT2D eigenvalue weighted by Gasteiger charge is 2.31. The van der Waals surface area contributed by atoms with Crippen molar-refractivity contribution < 1.29 is 8.42 Å². The molecular formula is C13H18ClNO2S. The third-order valence-electron chi connectivity index (χ3n) is 3.35. The van der Waals surface area contributed by atoms with Crippen molar-refractivity contribution in [3.63, 3.8) is 0 Å². The third-order valence-corrected chi connectivity index (χ3v) is 5.81. The molecule has 1 heterocycles. The van der Waals surface area contributed by atoms with Crippen LogP contribution >= 0.6 is 11.6 Å². The lowest BCUT2D eigenvalue weighted by Gasteiger charge is -2.33. The van der Waals surface area contributed by atoms with Gasteiger partial charge in [0, 0.05) is 18.5 Å². The quantitative estimate of drug-likeness (QED) is 0.801. The van der Waals surface area contributed by atoms with Crippen LogP contribution in [0.2, 0.25) is 0 Å². The van der Waals surface area contributed by atoms with Gasteiger partial charge in [-0.2, -0.15) is 0 Å². The van der Waals surface area contributed by atoms with Crippen LogP contribution in [0, 0.1) is 5.92 Å². The predicted octanol–water partition coefficient (Wildman–Crippen LogP) is 2.47. The largest absolute Gasteiger partial charge is 0.218 e. The summed E-state index contributed by atoms with van der Waals surface area (Å²) in [4.78, 5) is 0. The molecule has 0 saturated carbocycles. The third kappa shape index (κ3) is 3.25. The number of hydrogen-bond acceptors (Lipinski definition) is 2. The smallest absolute Gasteiger partial charge is 0.212 e. The number of sulfonamides is 1. The first-order chi connectivity index (χ1) is 8.49. The number of halogens is 1. The number of piperidine rings is 1. The number of alkyl halides is 1. The first-order valence-corrected chi connectivity index (χ1v) is 8.19. The molecule has 2 rings (SSSR count). The Labute approximate surface area is 114 Å². The van der Waals surface area contributed by atoms with Gasteiger partial charge in [-0.25, -0.2) is 12.7 Å². The molecule has 2 unspecified atom stereocenters. The van der Waals surface area contributed by atoms with Crippen molar-refractivity contribution in [2.24, 2.45) is 5.92 Å². The molecule has 0 aromatic heterocycles. The molecule has 0 amide bonds. The van der Waals surface area contributed by atoms with Crippen LogP contribution in [0.3, 0.4) is 0 Å². The lowest BCUT2D eigenvalue weighted by molar-refractivity contribution is 0.285. The maximum Gasteiger partial charge on any atom is 0.218 e. The zero-order valence-electron chi connectivity index (χ0n) is 10.4. The van der Waals surface area contributed by atoms with Gasteiger partial charge in [-0.1, -0.05) is 37.3 Å². The van der Waals surface area contributed by atoms with Gasteiger partial charge in [0.1, 0.15) is 0 Å². The normalized spacial score (nSPS) is 26.1. The van der Waals surface area contributed by atoms with E-state index in [-0.39, 0.29) is 17.0 Å². The highest BCUT2D eigenvalue weighted by Crippen LogP contribution is 2.24. The molecule has 1 aliphatic heterocycles. The van der Waals surface area contributed by atoms with Crippen molar-refractivity contribution in [3.8, 4) is 0 Å². The average Bonchev–Trinajstić information content (AvgIpc) is 2.33. The van der Waals surface area contributed by atoms with Gasteiger partial charge >= 0.3 is 0 Å². The lowest BCUT2D eigenvalue weighted by atomic mass is 10.0. The van der Waals surface area contributed by atoms with Crippen LogP contribution in [0.4, 0.5) is 0 Å². The number of rotatable bonds is 3. The first kappa shape index (κ1) is 13.8. The molecule has 5 heteroatoms. The topological polar surface area (TPSA) is 37.4 Å². The summed E-state index contributed by atoms with van der Waals surface area (Å²) < 4.78 is 26.2. The summed E-state index contributed by atoms with van der Waals surface area (Å²) in [7, 11) is -3.22. The van der Waals surface area contributed by atoms with Gasteiger partial charge < -0.3 is 0 Å². The Kier molecular flexibility index (Phi) is 4.30. The first-order valence-electron chi connectivity index (χ1n) is 6.15. The van der Waals surface area contributed by atoms with Crippen LogP contribution in [-0.2, 0) is 15.8 Å². The van der Waals surface area contributed by atoms with Crippen molar-refractivity contribution in [2.45, 2.75) is 24.5 Å². The second-order valence-electron chi connectivity index (χ2n) is 4.88. The van der Waals surface area contributed by atoms with Crippen LogP contribution in [0.25, 0.3) is 0 Å². The van der Waals surface area contributed by atoms with E-state index in [9.17, 15) is 8.42 Å². The molecule has 1 aromatic carbocycles. The monoisotopic (exact) mass is 287 g/mol. The van der Waals surface area contributed by atoms with Gasteiger partial charge in [-0.05, 0) is 17.9 Å². The molecular weight excluding hydrogens is 270 g/mol. The van der Waals surface area contributed by atoms with Crippen LogP contribution < -0.4 is 0 Å². The Hall–Kier alpha value is -0.580. The maximum atomic E-state index is 12.3. The van der Waals surface area contributed by atoms with Crippen LogP contribution in [-0.4, -0.2) is 31.2 Å². The molecule has 0 aliphatic carbocycles. The van der Waals surface area contributed by atoms with Crippen molar-refractivity contribution in [2.75, 3.05) is 13.1 Å². The molecule has 0 radical (unpaired) electrons. The fourth-order valence-electron chi connectivity index (χ4n) is 2.21. The number of hydrogen-bond donors (Lipinski definition) is 0. The molecule has 1 fully saturated rings. The van der Waals surface area contributed by atoms with Gasteiger partial charge in [0.15, 0.2) is 0 Å². The highest BCUT2D eigenvalue weighted by atomic mass is 35.5. The van der Waals surface area contributed by atoms with Crippen LogP contribution in [0.1, 0.15) is 18.9 Å². The van der Waals surface area contributed by atoms with E-state index in [1.807, 2.05) is 37.3 Å². The van der Waals surface area contributed by atoms with E-state index in [0.29, 0.717) is 13.1 Å². The zero-order chi connectivity index (χ0) is 13.2. The van der Waals surface area contributed by atoms with E-state index in [4.69, 9.17) is 11.6 Å². The number of nitrogens with zero attached hydrogens (tertiary/aromatic N) is 1. The SMILES string of the molecule is CC1CN(S(=O)(=O)Cc2ccccc2)CCC1Cl. The minimum absolute atomic E-state index is 0.0769. The van der Waals surface area contributed by atoms with Crippen molar-refractivity contribution in [1.29, 1.82) is 0 Å². The minimum Gasteiger partial charge on any atom is -0.212 e. The maximum absolute atomic E-state index is 12.3. The van der Waals surface area contributed by atoms with Crippen molar-refractivity contribution >= 4 is 21.6 Å². The highest BCUT2D eigenvalue weighted by molar-refractivity contribution is 7.88. The van der Waals surface area contributed by atoms with Crippen LogP contribution in [0.15, 0.2) is 30.3 Å². The fraction of sp³-hybridized carbons (Fsp3) is 0.538. The lowest BCUT2D eigenvalue weighted by Crippen LogP contribution is -2.43. The molecule has 1 aromatic rings. The zero-order valence-corrected chi connectivity index (χ0v) is 12.0. The Bertz CT molecular complexity index is 489. The van der Waals surface area contributed by atoms with Crippen molar-refractivity contribution in [3.05, 3.63) is 35.9 Å². The fourth-order valence-corrected chi connectivity index (χ4v) is 4.03. The Morgan fingerprint density at radius 1 is 1.33 bits per heavy atom. The van der Waals surface area contributed by atoms with Gasteiger partial charge in [-0.3, -0.25) is 0 Å². The summed E-state index contributed by atoms with van der Waals surface area (Å²) in [5.41, 5.74) is 0.832. The molecule has 2 atom stereocenters. The van der Waals surface area contributed by atoms with Gasteiger partial charge in [-0.15, -0.1) is 11.6 Å². The van der Waals surface area contributed by atoms with Crippen LogP contribution in [0.5, 0.6) is 0 Å². The second kappa shape index (κ2) is 5.59. The second-order valence-corrected chi connectivity index (χ2v) is 7.41. The van der Waals surface area contributed by atoms with E-state index in [0.717, 1.165) is 12.0 Å². The molecule has 18 heavy (non-hydrogen) atoms. The Balaban J connectivity index is 2.08. The Morgan fingerprint density at radius 3 is 2.61 bits per heavy atom. The van der Waals surface area contributed by atoms with Gasteiger partial charge in [0.25, 0.3) is 0 Å². The van der Waals surface area contributed by atoms with Crippen molar-refractivity contribution in [1.82, 2.24) is 4.31 Å². The Morgan fingerprint density at radius 2 is 2.00 bits per heavy atom. The molecule has 3 nitrogen and oxygen atoms in total.